The third kappa shape index (κ3) is 6.10. The molecule has 1 saturated heterocycles. The normalized spacial score (nSPS) is 18.9. The van der Waals surface area contributed by atoms with E-state index in [4.69, 9.17) is 9.39 Å². The number of thioether (sulfide) groups is 1. The van der Waals surface area contributed by atoms with Crippen LogP contribution in [0.1, 0.15) is 43.4 Å². The Morgan fingerprint density at radius 2 is 1.90 bits per heavy atom. The largest absolute Gasteiger partial charge is 0.538 e. The average molecular weight is 439 g/mol. The molecule has 161 valence electrons. The van der Waals surface area contributed by atoms with Crippen molar-refractivity contribution in [3.05, 3.63) is 59.4 Å². The Balaban J connectivity index is 1.63. The fraction of sp³-hybridized carbons (Fsp3) is 0.364. The number of rotatable bonds is 9. The predicted molar refractivity (Wildman–Crippen MR) is 119 cm³/mol. The highest BCUT2D eigenvalue weighted by Gasteiger charge is 2.43. The summed E-state index contributed by atoms with van der Waals surface area (Å²) in [4.78, 5) is 39.2. The summed E-state index contributed by atoms with van der Waals surface area (Å²) in [5, 5.41) is 2.01. The Labute approximate surface area is 186 Å². The van der Waals surface area contributed by atoms with Crippen molar-refractivity contribution in [1.29, 1.82) is 0 Å². The van der Waals surface area contributed by atoms with Crippen molar-refractivity contribution >= 4 is 36.4 Å². The maximum atomic E-state index is 12.0. The average Bonchev–Trinajstić information content (AvgIpc) is 3.00. The van der Waals surface area contributed by atoms with Crippen molar-refractivity contribution in [3.8, 4) is 5.75 Å². The fourth-order valence-corrected chi connectivity index (χ4v) is 4.07. The first-order valence-corrected chi connectivity index (χ1v) is 10.8. The lowest BCUT2D eigenvalue weighted by Gasteiger charge is -2.19. The van der Waals surface area contributed by atoms with Gasteiger partial charge in [0, 0.05) is 18.8 Å². The number of ether oxygens (including phenoxy) is 1. The molecule has 2 unspecified atom stereocenters. The van der Waals surface area contributed by atoms with Crippen molar-refractivity contribution in [2.45, 2.75) is 44.2 Å². The van der Waals surface area contributed by atoms with Crippen LogP contribution in [0.25, 0.3) is 0 Å². The molecule has 31 heavy (non-hydrogen) atoms. The van der Waals surface area contributed by atoms with Crippen LogP contribution in [0.4, 0.5) is 4.79 Å². The lowest BCUT2D eigenvalue weighted by Crippen LogP contribution is -2.35. The number of carbonyl (C=O) groups is 3. The van der Waals surface area contributed by atoms with Crippen LogP contribution in [0.15, 0.2) is 42.6 Å². The van der Waals surface area contributed by atoms with E-state index in [1.54, 1.807) is 13.1 Å². The van der Waals surface area contributed by atoms with Crippen LogP contribution < -0.4 is 10.1 Å². The minimum absolute atomic E-state index is 0.246. The molecule has 1 N–H and O–H groups in total. The van der Waals surface area contributed by atoms with E-state index < -0.39 is 10.7 Å². The van der Waals surface area contributed by atoms with Gasteiger partial charge in [0.15, 0.2) is 0 Å². The number of hydrogen-bond donors (Lipinski definition) is 1. The van der Waals surface area contributed by atoms with E-state index >= 15 is 0 Å². The highest BCUT2D eigenvalue weighted by molar-refractivity contribution is 8.16. The van der Waals surface area contributed by atoms with Gasteiger partial charge >= 0.3 is 7.48 Å². The summed E-state index contributed by atoms with van der Waals surface area (Å²) < 4.78 is 10.2. The molecule has 0 bridgehead atoms. The topological polar surface area (TPSA) is 94.6 Å². The Hall–Kier alpha value is -2.81. The molecule has 1 aromatic carbocycles. The number of aryl methyl sites for hydroxylation is 1. The number of aromatic nitrogens is 1. The smallest absolute Gasteiger partial charge is 0.387 e. The third-order valence-corrected chi connectivity index (χ3v) is 6.01. The summed E-state index contributed by atoms with van der Waals surface area (Å²) >= 11 is 1.01. The van der Waals surface area contributed by atoms with Crippen LogP contribution in [0, 0.1) is 0 Å². The summed E-state index contributed by atoms with van der Waals surface area (Å²) in [6.45, 7) is 5.41. The first-order chi connectivity index (χ1) is 14.8. The molecule has 0 saturated carbocycles. The first kappa shape index (κ1) is 22.9. The van der Waals surface area contributed by atoms with Crippen molar-refractivity contribution in [2.75, 3.05) is 6.61 Å². The second kappa shape index (κ2) is 10.0. The number of imide groups is 1. The number of benzene rings is 1. The van der Waals surface area contributed by atoms with Crippen LogP contribution in [0.3, 0.4) is 0 Å². The minimum Gasteiger partial charge on any atom is -0.538 e. The van der Waals surface area contributed by atoms with Crippen molar-refractivity contribution in [3.63, 3.8) is 0 Å². The Kier molecular flexibility index (Phi) is 7.38. The summed E-state index contributed by atoms with van der Waals surface area (Å²) in [5.41, 5.74) is 2.79. The summed E-state index contributed by atoms with van der Waals surface area (Å²) in [5.74, 6) is -0.355. The van der Waals surface area contributed by atoms with E-state index in [1.807, 2.05) is 36.4 Å². The molecule has 0 spiro atoms. The van der Waals surface area contributed by atoms with Crippen molar-refractivity contribution in [2.24, 2.45) is 0 Å². The Morgan fingerprint density at radius 1 is 1.19 bits per heavy atom. The van der Waals surface area contributed by atoms with E-state index in [1.165, 1.54) is 14.4 Å². The zero-order chi connectivity index (χ0) is 22.4. The molecular formula is C22H24BN2O5S. The molecule has 9 heteroatoms. The molecule has 2 atom stereocenters. The zero-order valence-corrected chi connectivity index (χ0v) is 18.5. The monoisotopic (exact) mass is 439 g/mol. The van der Waals surface area contributed by atoms with Crippen molar-refractivity contribution in [1.82, 2.24) is 10.3 Å². The number of pyridine rings is 1. The first-order valence-electron chi connectivity index (χ1n) is 10.0. The number of hydrogen-bond acceptors (Lipinski definition) is 7. The molecule has 1 aliphatic heterocycles. The number of carbonyl (C=O) groups excluding carboxylic acids is 3. The molecule has 0 aliphatic carbocycles. The highest BCUT2D eigenvalue weighted by Crippen LogP contribution is 2.35. The van der Waals surface area contributed by atoms with E-state index in [-0.39, 0.29) is 23.6 Å². The summed E-state index contributed by atoms with van der Waals surface area (Å²) in [6.07, 6.45) is 3.13. The van der Waals surface area contributed by atoms with Gasteiger partial charge in [0.05, 0.1) is 12.4 Å². The third-order valence-electron chi connectivity index (χ3n) is 4.94. The quantitative estimate of drug-likeness (QED) is 0.600. The predicted octanol–water partition coefficient (Wildman–Crippen LogP) is 3.23. The Morgan fingerprint density at radius 3 is 2.45 bits per heavy atom. The lowest BCUT2D eigenvalue weighted by atomic mass is 9.77. The summed E-state index contributed by atoms with van der Waals surface area (Å²) in [7, 11) is 1.44. The SMILES string of the molecule is CCc1ccc(C([B]OC(C)=O)COc2ccc(CC3(C)SC(=O)NC3=O)cc2)nc1. The lowest BCUT2D eigenvalue weighted by molar-refractivity contribution is -0.132. The molecular weight excluding hydrogens is 415 g/mol. The second-order valence-electron chi connectivity index (χ2n) is 7.50. The van der Waals surface area contributed by atoms with Gasteiger partial charge < -0.3 is 9.39 Å². The van der Waals surface area contributed by atoms with E-state index in [2.05, 4.69) is 17.2 Å². The molecule has 1 aliphatic rings. The molecule has 2 aromatic rings. The van der Waals surface area contributed by atoms with Gasteiger partial charge in [0.2, 0.25) is 5.91 Å². The van der Waals surface area contributed by atoms with Crippen LogP contribution in [-0.2, 0) is 27.1 Å². The van der Waals surface area contributed by atoms with Crippen LogP contribution >= 0.6 is 11.8 Å². The van der Waals surface area contributed by atoms with Gasteiger partial charge in [0.25, 0.3) is 11.2 Å². The van der Waals surface area contributed by atoms with E-state index in [9.17, 15) is 14.4 Å². The van der Waals surface area contributed by atoms with Crippen LogP contribution in [0.2, 0.25) is 0 Å². The number of nitrogens with one attached hydrogen (secondary N) is 1. The molecule has 7 nitrogen and oxygen atoms in total. The Bertz CT molecular complexity index is 951. The molecule has 1 fully saturated rings. The molecule has 3 rings (SSSR count). The maximum Gasteiger partial charge on any atom is 0.387 e. The van der Waals surface area contributed by atoms with Gasteiger partial charge in [-0.05, 0) is 60.9 Å². The molecule has 2 amide bonds. The van der Waals surface area contributed by atoms with Gasteiger partial charge in [-0.25, -0.2) is 0 Å². The van der Waals surface area contributed by atoms with Gasteiger partial charge in [-0.1, -0.05) is 25.1 Å². The number of nitrogens with zero attached hydrogens (tertiary/aromatic N) is 1. The van der Waals surface area contributed by atoms with Crippen LogP contribution in [-0.4, -0.2) is 40.9 Å². The standard InChI is InChI=1S/C22H24BN2O5S/c1-4-15-7-10-19(24-12-15)18(23-30-14(2)26)13-29-17-8-5-16(6-9-17)11-22(3)20(27)25-21(28)31-22/h5-10,12,18H,4,11,13H2,1-3H3,(H,25,27,28). The second-order valence-corrected chi connectivity index (χ2v) is 8.98. The van der Waals surface area contributed by atoms with Crippen LogP contribution in [0.5, 0.6) is 5.75 Å². The molecule has 1 aromatic heterocycles. The van der Waals surface area contributed by atoms with Gasteiger partial charge in [-0.15, -0.1) is 0 Å². The zero-order valence-electron chi connectivity index (χ0n) is 17.7. The maximum absolute atomic E-state index is 12.0. The highest BCUT2D eigenvalue weighted by atomic mass is 32.2. The summed E-state index contributed by atoms with van der Waals surface area (Å²) in [6, 6.07) is 11.3. The molecule has 2 heterocycles. The fourth-order valence-electron chi connectivity index (χ4n) is 3.13. The van der Waals surface area contributed by atoms with Gasteiger partial charge in [0.1, 0.15) is 10.5 Å². The van der Waals surface area contributed by atoms with Crippen molar-refractivity contribution < 1.29 is 23.8 Å². The van der Waals surface area contributed by atoms with Gasteiger partial charge in [-0.2, -0.15) is 0 Å². The van der Waals surface area contributed by atoms with Gasteiger partial charge in [-0.3, -0.25) is 24.7 Å². The van der Waals surface area contributed by atoms with E-state index in [0.717, 1.165) is 35.0 Å². The van der Waals surface area contributed by atoms with E-state index in [0.29, 0.717) is 12.2 Å². The molecule has 1 radical (unpaired) electrons. The minimum atomic E-state index is -0.806. The number of amides is 2.